The molecule has 3 nitrogen and oxygen atoms in total. The van der Waals surface area contributed by atoms with Gasteiger partial charge in [0.1, 0.15) is 11.9 Å². The van der Waals surface area contributed by atoms with Crippen LogP contribution >= 0.6 is 27.3 Å². The van der Waals surface area contributed by atoms with Crippen molar-refractivity contribution in [3.8, 4) is 5.75 Å². The molecule has 2 rings (SSSR count). The van der Waals surface area contributed by atoms with Crippen LogP contribution in [0.1, 0.15) is 15.9 Å². The fourth-order valence-corrected chi connectivity index (χ4v) is 2.73. The highest BCUT2D eigenvalue weighted by Crippen LogP contribution is 2.27. The van der Waals surface area contributed by atoms with Crippen LogP contribution in [-0.4, -0.2) is 11.5 Å². The molecule has 0 aliphatic heterocycles. The summed E-state index contributed by atoms with van der Waals surface area (Å²) in [5.74, 6) is 0.723. The Kier molecular flexibility index (Phi) is 4.15. The normalized spacial score (nSPS) is 12.4. The molecule has 1 atom stereocenters. The molecule has 2 aromatic rings. The molecule has 2 N–H and O–H groups in total. The maximum Gasteiger partial charge on any atom is 0.145 e. The molecule has 5 heteroatoms. The Bertz CT molecular complexity index is 501. The monoisotopic (exact) mass is 312 g/mol. The van der Waals surface area contributed by atoms with Crippen molar-refractivity contribution < 1.29 is 4.74 Å². The molecule has 0 aliphatic rings. The lowest BCUT2D eigenvalue weighted by molar-refractivity contribution is 0.217. The van der Waals surface area contributed by atoms with Gasteiger partial charge in [-0.15, -0.1) is 11.3 Å². The average Bonchev–Trinajstić information content (AvgIpc) is 2.73. The first-order valence-corrected chi connectivity index (χ1v) is 6.83. The number of nitrogens with zero attached hydrogens (tertiary/aromatic N) is 1. The van der Waals surface area contributed by atoms with Crippen molar-refractivity contribution in [1.29, 1.82) is 0 Å². The maximum absolute atomic E-state index is 5.84. The van der Waals surface area contributed by atoms with Crippen LogP contribution < -0.4 is 10.5 Å². The van der Waals surface area contributed by atoms with Crippen LogP contribution in [0.25, 0.3) is 0 Å². The SMILES string of the molecule is Cc1ccc(C(CN)Oc2cncc(Br)c2)s1. The third-order valence-electron chi connectivity index (χ3n) is 2.25. The zero-order valence-corrected chi connectivity index (χ0v) is 11.8. The molecule has 90 valence electrons. The molecule has 0 aliphatic carbocycles. The minimum Gasteiger partial charge on any atom is -0.482 e. The molecule has 2 heterocycles. The molecular formula is C12H13BrN2OS. The molecule has 0 fully saturated rings. The maximum atomic E-state index is 5.84. The van der Waals surface area contributed by atoms with Crippen LogP contribution in [0.15, 0.2) is 35.1 Å². The minimum absolute atomic E-state index is 0.107. The summed E-state index contributed by atoms with van der Waals surface area (Å²) in [6.07, 6.45) is 3.30. The van der Waals surface area contributed by atoms with Gasteiger partial charge in [0.2, 0.25) is 0 Å². The molecule has 0 bridgehead atoms. The van der Waals surface area contributed by atoms with Gasteiger partial charge in [0.05, 0.1) is 6.20 Å². The van der Waals surface area contributed by atoms with E-state index in [1.165, 1.54) is 4.88 Å². The molecular weight excluding hydrogens is 300 g/mol. The van der Waals surface area contributed by atoms with Crippen LogP contribution in [0, 0.1) is 6.92 Å². The highest BCUT2D eigenvalue weighted by Gasteiger charge is 2.13. The largest absolute Gasteiger partial charge is 0.482 e. The van der Waals surface area contributed by atoms with Crippen molar-refractivity contribution in [1.82, 2.24) is 4.98 Å². The third-order valence-corrected chi connectivity index (χ3v) is 3.78. The summed E-state index contributed by atoms with van der Waals surface area (Å²) in [4.78, 5) is 6.46. The summed E-state index contributed by atoms with van der Waals surface area (Å²) in [6, 6.07) is 6.02. The number of rotatable bonds is 4. The minimum atomic E-state index is -0.107. The van der Waals surface area contributed by atoms with Crippen molar-refractivity contribution in [2.45, 2.75) is 13.0 Å². The molecule has 0 radical (unpaired) electrons. The van der Waals surface area contributed by atoms with Crippen molar-refractivity contribution in [3.05, 3.63) is 44.8 Å². The second kappa shape index (κ2) is 5.62. The highest BCUT2D eigenvalue weighted by atomic mass is 79.9. The van der Waals surface area contributed by atoms with Gasteiger partial charge in [-0.1, -0.05) is 0 Å². The van der Waals surface area contributed by atoms with Gasteiger partial charge in [0, 0.05) is 27.0 Å². The number of pyridine rings is 1. The van der Waals surface area contributed by atoms with Crippen LogP contribution in [-0.2, 0) is 0 Å². The van der Waals surface area contributed by atoms with Crippen molar-refractivity contribution in [3.63, 3.8) is 0 Å². The quantitative estimate of drug-likeness (QED) is 0.942. The lowest BCUT2D eigenvalue weighted by Crippen LogP contribution is -2.17. The van der Waals surface area contributed by atoms with E-state index in [2.05, 4.69) is 40.0 Å². The summed E-state index contributed by atoms with van der Waals surface area (Å²) in [5, 5.41) is 0. The average molecular weight is 313 g/mol. The van der Waals surface area contributed by atoms with E-state index in [1.54, 1.807) is 23.7 Å². The van der Waals surface area contributed by atoms with E-state index < -0.39 is 0 Å². The van der Waals surface area contributed by atoms with Crippen molar-refractivity contribution in [2.75, 3.05) is 6.54 Å². The molecule has 0 saturated heterocycles. The Labute approximate surface area is 113 Å². The molecule has 17 heavy (non-hydrogen) atoms. The van der Waals surface area contributed by atoms with Crippen LogP contribution in [0.2, 0.25) is 0 Å². The van der Waals surface area contributed by atoms with E-state index >= 15 is 0 Å². The van der Waals surface area contributed by atoms with Gasteiger partial charge >= 0.3 is 0 Å². The first-order valence-electron chi connectivity index (χ1n) is 5.22. The standard InChI is InChI=1S/C12H13BrN2OS/c1-8-2-3-12(17-8)11(5-14)16-10-4-9(13)6-15-7-10/h2-4,6-7,11H,5,14H2,1H3. The van der Waals surface area contributed by atoms with Crippen molar-refractivity contribution in [2.24, 2.45) is 5.73 Å². The summed E-state index contributed by atoms with van der Waals surface area (Å²) < 4.78 is 6.73. The van der Waals surface area contributed by atoms with Crippen LogP contribution in [0.5, 0.6) is 5.75 Å². The fourth-order valence-electron chi connectivity index (χ4n) is 1.47. The second-order valence-corrected chi connectivity index (χ2v) is 5.86. The molecule has 0 amide bonds. The fraction of sp³-hybridized carbons (Fsp3) is 0.250. The molecule has 1 unspecified atom stereocenters. The lowest BCUT2D eigenvalue weighted by Gasteiger charge is -2.15. The number of halogens is 1. The Morgan fingerprint density at radius 3 is 2.88 bits per heavy atom. The summed E-state index contributed by atoms with van der Waals surface area (Å²) in [6.45, 7) is 2.52. The Balaban J connectivity index is 2.15. The highest BCUT2D eigenvalue weighted by molar-refractivity contribution is 9.10. The first kappa shape index (κ1) is 12.5. The summed E-state index contributed by atoms with van der Waals surface area (Å²) in [7, 11) is 0. The zero-order chi connectivity index (χ0) is 12.3. The van der Waals surface area contributed by atoms with Gasteiger partial charge in [-0.3, -0.25) is 4.98 Å². The van der Waals surface area contributed by atoms with Gasteiger partial charge < -0.3 is 10.5 Å². The van der Waals surface area contributed by atoms with Gasteiger partial charge in [-0.05, 0) is 41.1 Å². The van der Waals surface area contributed by atoms with Gasteiger partial charge in [0.15, 0.2) is 0 Å². The lowest BCUT2D eigenvalue weighted by atomic mass is 10.3. The van der Waals surface area contributed by atoms with E-state index in [0.29, 0.717) is 6.54 Å². The van der Waals surface area contributed by atoms with Crippen LogP contribution in [0.3, 0.4) is 0 Å². The molecule has 2 aromatic heterocycles. The molecule has 0 aromatic carbocycles. The second-order valence-electron chi connectivity index (χ2n) is 3.63. The van der Waals surface area contributed by atoms with Gasteiger partial charge in [-0.2, -0.15) is 0 Å². The van der Waals surface area contributed by atoms with Gasteiger partial charge in [0.25, 0.3) is 0 Å². The third kappa shape index (κ3) is 3.28. The van der Waals surface area contributed by atoms with E-state index in [9.17, 15) is 0 Å². The van der Waals surface area contributed by atoms with E-state index in [4.69, 9.17) is 10.5 Å². The number of hydrogen-bond donors (Lipinski definition) is 1. The number of hydrogen-bond acceptors (Lipinski definition) is 4. The first-order chi connectivity index (χ1) is 8.19. The topological polar surface area (TPSA) is 48.1 Å². The predicted molar refractivity (Wildman–Crippen MR) is 73.4 cm³/mol. The van der Waals surface area contributed by atoms with Crippen LogP contribution in [0.4, 0.5) is 0 Å². The Morgan fingerprint density at radius 2 is 2.29 bits per heavy atom. The van der Waals surface area contributed by atoms with E-state index in [-0.39, 0.29) is 6.10 Å². The predicted octanol–water partition coefficient (Wildman–Crippen LogP) is 3.29. The Hall–Kier alpha value is -0.910. The van der Waals surface area contributed by atoms with E-state index in [1.807, 2.05) is 6.07 Å². The van der Waals surface area contributed by atoms with E-state index in [0.717, 1.165) is 15.1 Å². The van der Waals surface area contributed by atoms with Crippen molar-refractivity contribution >= 4 is 27.3 Å². The molecule has 0 spiro atoms. The number of aromatic nitrogens is 1. The Morgan fingerprint density at radius 1 is 1.47 bits per heavy atom. The zero-order valence-electron chi connectivity index (χ0n) is 9.39. The van der Waals surface area contributed by atoms with Gasteiger partial charge in [-0.25, -0.2) is 0 Å². The number of thiophene rings is 1. The number of ether oxygens (including phenoxy) is 1. The summed E-state index contributed by atoms with van der Waals surface area (Å²) in [5.41, 5.74) is 5.75. The number of aryl methyl sites for hydroxylation is 1. The summed E-state index contributed by atoms with van der Waals surface area (Å²) >= 11 is 5.07. The molecule has 0 saturated carbocycles. The number of nitrogens with two attached hydrogens (primary N) is 1. The smallest absolute Gasteiger partial charge is 0.145 e.